The Kier molecular flexibility index (Phi) is 28.2. The number of unbranched alkanes of at least 4 members (excludes halogenated alkanes) is 10. The quantitative estimate of drug-likeness (QED) is 0.0187. The number of nitrogens with zero attached hydrogens (tertiary/aromatic N) is 6. The molecule has 376 valence electrons. The van der Waals surface area contributed by atoms with E-state index in [1.807, 2.05) is 41.0 Å². The number of aromatic nitrogens is 4. The number of aryl methyl sites for hydroxylation is 2. The fraction of sp³-hybridized carbons (Fsp3) is 0.286. The average molecular weight is 1190 g/mol. The Morgan fingerprint density at radius 3 is 1.46 bits per heavy atom. The number of carboxylic acids is 1. The molecule has 0 bridgehead atoms. The molecule has 0 spiro atoms. The van der Waals surface area contributed by atoms with Crippen molar-refractivity contribution in [3.63, 3.8) is 0 Å². The molecule has 18 heteroatoms. The average Bonchev–Trinajstić information content (AvgIpc) is 4.25. The SMILES string of the molecule is CCCCCCCCc1ccc(-c2ccc(-c3ccnc(-c4cc(-c5ccc(-c6ccc(CCCCCCCC)s6)s5)cc(-c5cc(OC=O)cc(-c6cc(C(=O)[O-])ccn6)n5)n4)c3)s2)s1.[N-]=C=S.[N-]=C=S.[Na+].[Ru+2]. The van der Waals surface area contributed by atoms with Crippen LogP contribution in [0.15, 0.2) is 109 Å². The topological polar surface area (TPSA) is 163 Å². The number of carboxylic acid groups (broad SMARTS) is 1. The minimum atomic E-state index is -1.34. The normalized spacial score (nSPS) is 10.3. The Labute approximate surface area is 495 Å². The molecule has 0 radical (unpaired) electrons. The van der Waals surface area contributed by atoms with Crippen molar-refractivity contribution >= 4 is 92.5 Å². The van der Waals surface area contributed by atoms with Crippen LogP contribution in [0, 0.1) is 0 Å². The van der Waals surface area contributed by atoms with Crippen LogP contribution >= 0.6 is 69.8 Å². The Balaban J connectivity index is 0.00000141. The van der Waals surface area contributed by atoms with Gasteiger partial charge < -0.3 is 25.5 Å². The first-order valence-corrected chi connectivity index (χ1v) is 28.0. The zero-order valence-corrected chi connectivity index (χ0v) is 50.1. The summed E-state index contributed by atoms with van der Waals surface area (Å²) in [5.41, 5.74) is 4.78. The summed E-state index contributed by atoms with van der Waals surface area (Å²) in [5.74, 6) is -1.13. The Morgan fingerprint density at radius 2 is 0.946 bits per heavy atom. The predicted octanol–water partition coefficient (Wildman–Crippen LogP) is 13.2. The number of rotatable bonds is 24. The molecule has 10 nitrogen and oxygen atoms in total. The number of pyridine rings is 4. The van der Waals surface area contributed by atoms with Crippen molar-refractivity contribution in [1.29, 1.82) is 0 Å². The van der Waals surface area contributed by atoms with Gasteiger partial charge in [-0.2, -0.15) is 10.3 Å². The van der Waals surface area contributed by atoms with Crippen LogP contribution in [-0.2, 0) is 37.1 Å². The molecule has 0 fully saturated rings. The van der Waals surface area contributed by atoms with Crippen molar-refractivity contribution in [3.8, 4) is 80.3 Å². The zero-order chi connectivity index (χ0) is 51.1. The van der Waals surface area contributed by atoms with Crippen LogP contribution in [0.5, 0.6) is 5.75 Å². The monoisotopic (exact) mass is 1190 g/mol. The largest absolute Gasteiger partial charge is 2.00 e. The van der Waals surface area contributed by atoms with Gasteiger partial charge in [-0.1, -0.05) is 102 Å². The van der Waals surface area contributed by atoms with Crippen molar-refractivity contribution in [2.45, 2.75) is 104 Å². The number of carbonyl (C=O) groups excluding carboxylic acids is 2. The first kappa shape index (κ1) is 62.1. The summed E-state index contributed by atoms with van der Waals surface area (Å²) < 4.78 is 5.36. The number of aromatic carboxylic acids is 1. The van der Waals surface area contributed by atoms with Gasteiger partial charge >= 0.3 is 49.0 Å². The van der Waals surface area contributed by atoms with E-state index in [4.69, 9.17) is 30.5 Å². The molecule has 8 rings (SSSR count). The summed E-state index contributed by atoms with van der Waals surface area (Å²) >= 11 is 14.7. The van der Waals surface area contributed by atoms with E-state index < -0.39 is 5.97 Å². The third-order valence-electron chi connectivity index (χ3n) is 11.5. The van der Waals surface area contributed by atoms with Gasteiger partial charge in [-0.3, -0.25) is 14.8 Å². The minimum Gasteiger partial charge on any atom is -0.753 e. The maximum Gasteiger partial charge on any atom is 2.00 e. The number of hydrogen-bond acceptors (Lipinski definition) is 14. The second-order valence-corrected chi connectivity index (χ2v) is 21.5. The summed E-state index contributed by atoms with van der Waals surface area (Å²) in [4.78, 5) is 52.7. The van der Waals surface area contributed by atoms with Crippen LogP contribution in [0.2, 0.25) is 0 Å². The van der Waals surface area contributed by atoms with E-state index in [1.165, 1.54) is 135 Å². The Hall–Kier alpha value is -4.44. The van der Waals surface area contributed by atoms with E-state index in [0.29, 0.717) is 34.9 Å². The van der Waals surface area contributed by atoms with Gasteiger partial charge in [-0.15, -0.1) is 45.3 Å². The third-order valence-corrected chi connectivity index (χ3v) is 16.4. The van der Waals surface area contributed by atoms with Crippen LogP contribution in [0.3, 0.4) is 0 Å². The molecule has 0 aliphatic rings. The summed E-state index contributed by atoms with van der Waals surface area (Å²) in [6.07, 6.45) is 20.9. The molecule has 0 saturated carbocycles. The van der Waals surface area contributed by atoms with E-state index in [-0.39, 0.29) is 66.0 Å². The molecular formula is C56H53N6NaO4RuS6. The summed E-state index contributed by atoms with van der Waals surface area (Å²) in [6, 6.07) is 31.9. The molecule has 8 aromatic heterocycles. The van der Waals surface area contributed by atoms with Crippen molar-refractivity contribution in [2.75, 3.05) is 0 Å². The number of ether oxygens (including phenoxy) is 1. The van der Waals surface area contributed by atoms with E-state index in [0.717, 1.165) is 33.7 Å². The minimum absolute atomic E-state index is 0. The predicted molar refractivity (Wildman–Crippen MR) is 304 cm³/mol. The molecule has 0 unspecified atom stereocenters. The molecule has 0 saturated heterocycles. The number of thiocarbonyl (C=S) groups is 2. The van der Waals surface area contributed by atoms with Crippen molar-refractivity contribution in [3.05, 3.63) is 136 Å². The van der Waals surface area contributed by atoms with Gasteiger partial charge in [-0.25, -0.2) is 9.97 Å². The Morgan fingerprint density at radius 1 is 0.554 bits per heavy atom. The molecule has 0 amide bonds. The van der Waals surface area contributed by atoms with Crippen molar-refractivity contribution in [1.82, 2.24) is 19.9 Å². The maximum absolute atomic E-state index is 11.8. The van der Waals surface area contributed by atoms with Gasteiger partial charge in [0.05, 0.1) is 40.1 Å². The second kappa shape index (κ2) is 33.6. The molecule has 8 heterocycles. The fourth-order valence-corrected chi connectivity index (χ4v) is 12.2. The summed E-state index contributed by atoms with van der Waals surface area (Å²) in [6.45, 7) is 4.86. The van der Waals surface area contributed by atoms with E-state index in [2.05, 4.69) is 104 Å². The van der Waals surface area contributed by atoms with Gasteiger partial charge in [0.2, 0.25) is 0 Å². The number of hydrogen-bond donors (Lipinski definition) is 0. The number of carbonyl (C=O) groups is 2. The maximum atomic E-state index is 11.8. The second-order valence-electron chi connectivity index (χ2n) is 16.6. The fourth-order valence-electron chi connectivity index (χ4n) is 7.95. The van der Waals surface area contributed by atoms with E-state index in [1.54, 1.807) is 34.8 Å². The first-order chi connectivity index (χ1) is 35.2. The third kappa shape index (κ3) is 18.7. The van der Waals surface area contributed by atoms with Crippen LogP contribution in [-0.4, -0.2) is 42.7 Å². The van der Waals surface area contributed by atoms with Gasteiger partial charge in [-0.05, 0) is 122 Å². The summed E-state index contributed by atoms with van der Waals surface area (Å²) in [7, 11) is 0. The zero-order valence-electron chi connectivity index (χ0n) is 41.5. The first-order valence-electron chi connectivity index (χ1n) is 23.9. The summed E-state index contributed by atoms with van der Waals surface area (Å²) in [5, 5.41) is 28.7. The van der Waals surface area contributed by atoms with Gasteiger partial charge in [0.1, 0.15) is 5.75 Å². The van der Waals surface area contributed by atoms with E-state index >= 15 is 0 Å². The van der Waals surface area contributed by atoms with Crippen LogP contribution in [0.4, 0.5) is 0 Å². The molecule has 8 aromatic rings. The van der Waals surface area contributed by atoms with Gasteiger partial charge in [0, 0.05) is 69.1 Å². The van der Waals surface area contributed by atoms with Crippen LogP contribution in [0.1, 0.15) is 111 Å². The molecule has 0 atom stereocenters. The molecule has 0 N–H and O–H groups in total. The molecule has 0 aliphatic heterocycles. The molecule has 0 aromatic carbocycles. The molecule has 74 heavy (non-hydrogen) atoms. The van der Waals surface area contributed by atoms with E-state index in [9.17, 15) is 14.7 Å². The van der Waals surface area contributed by atoms with Crippen molar-refractivity contribution < 1.29 is 68.5 Å². The molecular weight excluding hydrogens is 1140 g/mol. The van der Waals surface area contributed by atoms with Gasteiger partial charge in [0.15, 0.2) is 0 Å². The van der Waals surface area contributed by atoms with Crippen LogP contribution in [0.25, 0.3) is 85.4 Å². The number of thiophene rings is 4. The standard InChI is InChI=1S/C54H54N4O4S4.2CNS.Na.Ru/c1-3-5-7-9-11-13-15-40-17-19-50(63-40)52-23-21-48(65-52)36-25-27-55-42(29-36)44-31-38(49-22-24-53(66-49)51-20-18-41(64-51)16-14-12-10-8-6-4-2)32-45(57-44)47-34-39(62-35-59)33-46(58-47)43-30-37(54(60)61)26-28-56-43;2*2-1-3;;/h17-35H,3-16H2,1-2H3,(H,60,61);;;;/q;2*-1;+1;+2/p-1. The van der Waals surface area contributed by atoms with Crippen LogP contribution < -0.4 is 39.4 Å². The number of isothiocyanates is 2. The van der Waals surface area contributed by atoms with Gasteiger partial charge in [0.25, 0.3) is 6.47 Å². The smallest absolute Gasteiger partial charge is 0.753 e. The van der Waals surface area contributed by atoms with Crippen molar-refractivity contribution in [2.24, 2.45) is 0 Å². The Bertz CT molecular complexity index is 3090. The molecule has 0 aliphatic carbocycles.